The Labute approximate surface area is 166 Å². The van der Waals surface area contributed by atoms with Gasteiger partial charge in [0.1, 0.15) is 11.9 Å². The highest BCUT2D eigenvalue weighted by molar-refractivity contribution is 9.10. The average molecular weight is 413 g/mol. The highest BCUT2D eigenvalue weighted by Crippen LogP contribution is 2.40. The van der Waals surface area contributed by atoms with Crippen LogP contribution in [0.15, 0.2) is 100 Å². The number of amidine groups is 1. The molecule has 0 amide bonds. The van der Waals surface area contributed by atoms with Gasteiger partial charge >= 0.3 is 0 Å². The summed E-state index contributed by atoms with van der Waals surface area (Å²) in [7, 11) is 0. The van der Waals surface area contributed by atoms with Crippen LogP contribution < -0.4 is 5.32 Å². The van der Waals surface area contributed by atoms with Gasteiger partial charge in [0.2, 0.25) is 0 Å². The van der Waals surface area contributed by atoms with Crippen molar-refractivity contribution in [1.82, 2.24) is 0 Å². The molecular formula is C24H17BrN2. The molecule has 0 saturated heterocycles. The number of fused-ring (bicyclic) bond motifs is 3. The van der Waals surface area contributed by atoms with Crippen LogP contribution in [0.25, 0.3) is 10.8 Å². The summed E-state index contributed by atoms with van der Waals surface area (Å²) in [5.74, 6) is 0.897. The van der Waals surface area contributed by atoms with Crippen molar-refractivity contribution < 1.29 is 0 Å². The van der Waals surface area contributed by atoms with Gasteiger partial charge in [-0.2, -0.15) is 0 Å². The highest BCUT2D eigenvalue weighted by Gasteiger charge is 2.25. The lowest BCUT2D eigenvalue weighted by Gasteiger charge is -2.27. The topological polar surface area (TPSA) is 24.4 Å². The summed E-state index contributed by atoms with van der Waals surface area (Å²) >= 11 is 3.58. The summed E-state index contributed by atoms with van der Waals surface area (Å²) in [6.07, 6.45) is 0. The summed E-state index contributed by atoms with van der Waals surface area (Å²) in [5.41, 5.74) is 4.62. The Hall–Kier alpha value is -2.91. The highest BCUT2D eigenvalue weighted by atomic mass is 79.9. The maximum Gasteiger partial charge on any atom is 0.133 e. The van der Waals surface area contributed by atoms with Crippen LogP contribution >= 0.6 is 15.9 Å². The third-order valence-corrected chi connectivity index (χ3v) is 5.46. The minimum atomic E-state index is -0.0268. The number of hydrogen-bond donors (Lipinski definition) is 1. The number of nitrogens with one attached hydrogen (secondary N) is 1. The lowest BCUT2D eigenvalue weighted by molar-refractivity contribution is 0.865. The van der Waals surface area contributed by atoms with E-state index in [-0.39, 0.29) is 6.04 Å². The van der Waals surface area contributed by atoms with Gasteiger partial charge in [-0.05, 0) is 23.1 Å². The largest absolute Gasteiger partial charge is 0.339 e. The van der Waals surface area contributed by atoms with Gasteiger partial charge in [-0.15, -0.1) is 0 Å². The summed E-state index contributed by atoms with van der Waals surface area (Å²) < 4.78 is 1.05. The molecule has 4 aromatic rings. The monoisotopic (exact) mass is 412 g/mol. The lowest BCUT2D eigenvalue weighted by atomic mass is 9.92. The van der Waals surface area contributed by atoms with Crippen LogP contribution in [0.2, 0.25) is 0 Å². The number of benzene rings is 4. The first-order chi connectivity index (χ1) is 13.3. The Morgan fingerprint density at radius 2 is 1.59 bits per heavy atom. The summed E-state index contributed by atoms with van der Waals surface area (Å²) in [6.45, 7) is 0. The molecule has 1 N–H and O–H groups in total. The van der Waals surface area contributed by atoms with E-state index in [1.807, 2.05) is 18.2 Å². The van der Waals surface area contributed by atoms with Crippen molar-refractivity contribution in [1.29, 1.82) is 0 Å². The van der Waals surface area contributed by atoms with Crippen molar-refractivity contribution in [3.05, 3.63) is 112 Å². The normalized spacial score (nSPS) is 15.7. The number of aliphatic imine (C=N–C) groups is 1. The number of rotatable bonds is 2. The Bertz CT molecular complexity index is 1170. The van der Waals surface area contributed by atoms with E-state index in [1.54, 1.807) is 0 Å². The second kappa shape index (κ2) is 6.67. The van der Waals surface area contributed by atoms with Crippen LogP contribution in [-0.4, -0.2) is 5.84 Å². The molecule has 3 heteroatoms. The molecule has 0 aromatic heterocycles. The maximum absolute atomic E-state index is 5.10. The number of anilines is 1. The fourth-order valence-electron chi connectivity index (χ4n) is 3.68. The lowest BCUT2D eigenvalue weighted by Crippen LogP contribution is -2.22. The predicted molar refractivity (Wildman–Crippen MR) is 117 cm³/mol. The van der Waals surface area contributed by atoms with Gasteiger partial charge in [-0.3, -0.25) is 4.99 Å². The van der Waals surface area contributed by atoms with E-state index in [2.05, 4.69) is 94.0 Å². The van der Waals surface area contributed by atoms with Crippen LogP contribution in [0.4, 0.5) is 5.69 Å². The smallest absolute Gasteiger partial charge is 0.133 e. The minimum absolute atomic E-state index is 0.0268. The van der Waals surface area contributed by atoms with Crippen LogP contribution in [0.5, 0.6) is 0 Å². The van der Waals surface area contributed by atoms with Crippen LogP contribution in [0.1, 0.15) is 22.7 Å². The zero-order valence-electron chi connectivity index (χ0n) is 14.6. The molecule has 27 heavy (non-hydrogen) atoms. The molecule has 0 radical (unpaired) electrons. The zero-order chi connectivity index (χ0) is 18.2. The molecule has 1 heterocycles. The molecule has 130 valence electrons. The van der Waals surface area contributed by atoms with E-state index < -0.39 is 0 Å². The number of halogens is 1. The summed E-state index contributed by atoms with van der Waals surface area (Å²) in [4.78, 5) is 5.10. The second-order valence-corrected chi connectivity index (χ2v) is 7.59. The van der Waals surface area contributed by atoms with Gasteiger partial charge in [0.15, 0.2) is 0 Å². The third kappa shape index (κ3) is 2.94. The molecule has 0 bridgehead atoms. The summed E-state index contributed by atoms with van der Waals surface area (Å²) in [5, 5.41) is 6.06. The molecule has 0 saturated carbocycles. The number of hydrogen-bond acceptors (Lipinski definition) is 2. The van der Waals surface area contributed by atoms with E-state index in [1.165, 1.54) is 21.9 Å². The molecule has 0 aliphatic carbocycles. The van der Waals surface area contributed by atoms with Crippen LogP contribution in [0.3, 0.4) is 0 Å². The SMILES string of the molecule is Brc1cccc(C2=NC(c3ccccc3)c3ccc4ccccc4c3N2)c1. The van der Waals surface area contributed by atoms with Gasteiger partial charge in [-0.1, -0.05) is 94.8 Å². The van der Waals surface area contributed by atoms with Gasteiger partial charge < -0.3 is 5.32 Å². The molecule has 4 aromatic carbocycles. The number of nitrogens with zero attached hydrogens (tertiary/aromatic N) is 1. The van der Waals surface area contributed by atoms with E-state index in [0.29, 0.717) is 0 Å². The molecule has 1 aliphatic heterocycles. The fraction of sp³-hybridized carbons (Fsp3) is 0.0417. The summed E-state index contributed by atoms with van der Waals surface area (Å²) in [6, 6.07) is 31.6. The molecule has 0 spiro atoms. The van der Waals surface area contributed by atoms with Gasteiger partial charge in [0, 0.05) is 21.0 Å². The zero-order valence-corrected chi connectivity index (χ0v) is 16.1. The van der Waals surface area contributed by atoms with Crippen molar-refractivity contribution in [2.24, 2.45) is 4.99 Å². The van der Waals surface area contributed by atoms with Gasteiger partial charge in [-0.25, -0.2) is 0 Å². The molecule has 0 fully saturated rings. The van der Waals surface area contributed by atoms with Crippen LogP contribution in [0, 0.1) is 0 Å². The molecule has 5 rings (SSSR count). The fourth-order valence-corrected chi connectivity index (χ4v) is 4.08. The first kappa shape index (κ1) is 16.3. The quantitative estimate of drug-likeness (QED) is 0.395. The molecular weight excluding hydrogens is 396 g/mol. The van der Waals surface area contributed by atoms with Crippen molar-refractivity contribution in [3.8, 4) is 0 Å². The van der Waals surface area contributed by atoms with Crippen molar-refractivity contribution in [2.45, 2.75) is 6.04 Å². The molecule has 2 nitrogen and oxygen atoms in total. The molecule has 1 atom stereocenters. The van der Waals surface area contributed by atoms with E-state index in [4.69, 9.17) is 4.99 Å². The third-order valence-electron chi connectivity index (χ3n) is 4.97. The first-order valence-electron chi connectivity index (χ1n) is 8.97. The Morgan fingerprint density at radius 3 is 2.44 bits per heavy atom. The van der Waals surface area contributed by atoms with Crippen molar-refractivity contribution in [3.63, 3.8) is 0 Å². The molecule has 1 unspecified atom stereocenters. The Morgan fingerprint density at radius 1 is 0.778 bits per heavy atom. The second-order valence-electron chi connectivity index (χ2n) is 6.68. The van der Waals surface area contributed by atoms with Crippen molar-refractivity contribution >= 4 is 38.2 Å². The predicted octanol–water partition coefficient (Wildman–Crippen LogP) is 6.56. The van der Waals surface area contributed by atoms with E-state index in [0.717, 1.165) is 21.6 Å². The Balaban J connectivity index is 1.75. The molecule has 1 aliphatic rings. The standard InChI is InChI=1S/C24H17BrN2/c25-19-11-6-10-18(15-19)24-26-22(17-8-2-1-3-9-17)21-14-13-16-7-4-5-12-20(16)23(21)27-24/h1-15,22H,(H,26,27). The van der Waals surface area contributed by atoms with E-state index in [9.17, 15) is 0 Å². The minimum Gasteiger partial charge on any atom is -0.339 e. The van der Waals surface area contributed by atoms with E-state index >= 15 is 0 Å². The first-order valence-corrected chi connectivity index (χ1v) is 9.76. The van der Waals surface area contributed by atoms with Gasteiger partial charge in [0.05, 0.1) is 5.69 Å². The average Bonchev–Trinajstić information content (AvgIpc) is 2.73. The maximum atomic E-state index is 5.10. The van der Waals surface area contributed by atoms with Gasteiger partial charge in [0.25, 0.3) is 0 Å². The van der Waals surface area contributed by atoms with Crippen molar-refractivity contribution in [2.75, 3.05) is 5.32 Å². The Kier molecular flexibility index (Phi) is 4.02. The van der Waals surface area contributed by atoms with Crippen LogP contribution in [-0.2, 0) is 0 Å².